The number of carbonyl (C=O) groups excluding carboxylic acids is 1. The smallest absolute Gasteiger partial charge is 0.294 e. The number of hydroxylamine groups is 2. The van der Waals surface area contributed by atoms with Gasteiger partial charge in [-0.15, -0.1) is 0 Å². The monoisotopic (exact) mass is 351 g/mol. The number of aromatic nitrogens is 1. The second-order valence-electron chi connectivity index (χ2n) is 5.61. The van der Waals surface area contributed by atoms with E-state index in [2.05, 4.69) is 4.98 Å². The first kappa shape index (κ1) is 17.4. The summed E-state index contributed by atoms with van der Waals surface area (Å²) >= 11 is 0. The molecular formula is C19H17N3O4. The molecule has 26 heavy (non-hydrogen) atoms. The number of nitro groups is 1. The normalized spacial score (nSPS) is 10.5. The number of aromatic amines is 1. The molecule has 1 heterocycles. The molecule has 0 radical (unpaired) electrons. The molecule has 1 amide bonds. The minimum atomic E-state index is -0.441. The van der Waals surface area contributed by atoms with Crippen molar-refractivity contribution >= 4 is 11.6 Å². The van der Waals surface area contributed by atoms with E-state index in [1.807, 2.05) is 30.3 Å². The molecule has 0 aliphatic rings. The van der Waals surface area contributed by atoms with Crippen molar-refractivity contribution in [1.29, 1.82) is 0 Å². The van der Waals surface area contributed by atoms with Crippen LogP contribution in [0.1, 0.15) is 10.5 Å². The number of hydrogen-bond donors (Lipinski definition) is 1. The van der Waals surface area contributed by atoms with Gasteiger partial charge in [-0.25, -0.2) is 5.06 Å². The average Bonchev–Trinajstić information content (AvgIpc) is 3.12. The summed E-state index contributed by atoms with van der Waals surface area (Å²) in [5.74, 6) is -0.344. The SMILES string of the molecule is CON(C)C(=O)c1[nH]cc(-c2cccc([N+](=O)[O-])c2)c1-c1ccccc1. The van der Waals surface area contributed by atoms with E-state index in [0.717, 1.165) is 10.6 Å². The van der Waals surface area contributed by atoms with Crippen LogP contribution in [0.5, 0.6) is 0 Å². The molecule has 0 atom stereocenters. The molecule has 0 spiro atoms. The van der Waals surface area contributed by atoms with Gasteiger partial charge in [0.15, 0.2) is 0 Å². The quantitative estimate of drug-likeness (QED) is 0.558. The van der Waals surface area contributed by atoms with Crippen LogP contribution < -0.4 is 0 Å². The number of benzene rings is 2. The molecule has 1 aromatic heterocycles. The number of amides is 1. The lowest BCUT2D eigenvalue weighted by molar-refractivity contribution is -0.384. The number of nitrogens with one attached hydrogen (secondary N) is 1. The largest absolute Gasteiger partial charge is 0.356 e. The Kier molecular flexibility index (Phi) is 4.81. The number of nitrogens with zero attached hydrogens (tertiary/aromatic N) is 2. The van der Waals surface area contributed by atoms with Gasteiger partial charge in [0.2, 0.25) is 0 Å². The Bertz CT molecular complexity index is 950. The van der Waals surface area contributed by atoms with Crippen molar-refractivity contribution in [3.05, 3.63) is 76.6 Å². The Morgan fingerprint density at radius 3 is 2.46 bits per heavy atom. The predicted molar refractivity (Wildman–Crippen MR) is 97.4 cm³/mol. The number of rotatable bonds is 5. The van der Waals surface area contributed by atoms with Gasteiger partial charge in [0.05, 0.1) is 12.0 Å². The van der Waals surface area contributed by atoms with Gasteiger partial charge in [0.1, 0.15) is 5.69 Å². The van der Waals surface area contributed by atoms with Crippen LogP contribution in [-0.2, 0) is 4.84 Å². The molecular weight excluding hydrogens is 334 g/mol. The molecule has 0 saturated heterocycles. The Morgan fingerprint density at radius 2 is 1.81 bits per heavy atom. The van der Waals surface area contributed by atoms with Gasteiger partial charge in [0.25, 0.3) is 11.6 Å². The molecule has 2 aromatic carbocycles. The molecule has 0 unspecified atom stereocenters. The van der Waals surface area contributed by atoms with Crippen molar-refractivity contribution in [3.63, 3.8) is 0 Å². The maximum absolute atomic E-state index is 12.7. The minimum absolute atomic E-state index is 0.00963. The van der Waals surface area contributed by atoms with E-state index in [1.54, 1.807) is 18.3 Å². The fourth-order valence-corrected chi connectivity index (χ4v) is 2.75. The summed E-state index contributed by atoms with van der Waals surface area (Å²) in [5, 5.41) is 12.2. The van der Waals surface area contributed by atoms with Crippen molar-refractivity contribution in [2.45, 2.75) is 0 Å². The van der Waals surface area contributed by atoms with Crippen LogP contribution >= 0.6 is 0 Å². The summed E-state index contributed by atoms with van der Waals surface area (Å²) in [6.07, 6.45) is 1.68. The highest BCUT2D eigenvalue weighted by Crippen LogP contribution is 2.36. The zero-order chi connectivity index (χ0) is 18.7. The van der Waals surface area contributed by atoms with E-state index in [4.69, 9.17) is 4.84 Å². The summed E-state index contributed by atoms with van der Waals surface area (Å²) < 4.78 is 0. The summed E-state index contributed by atoms with van der Waals surface area (Å²) in [5.41, 5.74) is 3.18. The molecule has 132 valence electrons. The fraction of sp³-hybridized carbons (Fsp3) is 0.105. The average molecular weight is 351 g/mol. The number of hydrogen-bond acceptors (Lipinski definition) is 4. The molecule has 7 heteroatoms. The predicted octanol–water partition coefficient (Wildman–Crippen LogP) is 3.89. The highest BCUT2D eigenvalue weighted by atomic mass is 16.7. The van der Waals surface area contributed by atoms with Crippen LogP contribution in [0, 0.1) is 10.1 Å². The second kappa shape index (κ2) is 7.20. The first-order valence-corrected chi connectivity index (χ1v) is 7.86. The molecule has 3 rings (SSSR count). The second-order valence-corrected chi connectivity index (χ2v) is 5.61. The topological polar surface area (TPSA) is 88.5 Å². The Hall–Kier alpha value is -3.45. The van der Waals surface area contributed by atoms with Crippen LogP contribution in [0.3, 0.4) is 0 Å². The van der Waals surface area contributed by atoms with Gasteiger partial charge in [-0.05, 0) is 11.1 Å². The highest BCUT2D eigenvalue weighted by molar-refractivity contribution is 6.03. The van der Waals surface area contributed by atoms with Crippen molar-refractivity contribution in [2.75, 3.05) is 14.2 Å². The van der Waals surface area contributed by atoms with E-state index < -0.39 is 4.92 Å². The Morgan fingerprint density at radius 1 is 1.12 bits per heavy atom. The lowest BCUT2D eigenvalue weighted by Gasteiger charge is -2.14. The zero-order valence-electron chi connectivity index (χ0n) is 14.3. The molecule has 0 fully saturated rings. The van der Waals surface area contributed by atoms with Crippen molar-refractivity contribution in [3.8, 4) is 22.3 Å². The molecule has 0 aliphatic heterocycles. The molecule has 1 N–H and O–H groups in total. The van der Waals surface area contributed by atoms with E-state index >= 15 is 0 Å². The van der Waals surface area contributed by atoms with Crippen molar-refractivity contribution < 1.29 is 14.6 Å². The van der Waals surface area contributed by atoms with E-state index in [9.17, 15) is 14.9 Å². The van der Waals surface area contributed by atoms with Gasteiger partial charge in [-0.1, -0.05) is 42.5 Å². The first-order valence-electron chi connectivity index (χ1n) is 7.86. The number of carbonyl (C=O) groups is 1. The van der Waals surface area contributed by atoms with Gasteiger partial charge in [0, 0.05) is 36.5 Å². The number of nitro benzene ring substituents is 1. The van der Waals surface area contributed by atoms with Gasteiger partial charge < -0.3 is 4.98 Å². The van der Waals surface area contributed by atoms with E-state index in [-0.39, 0.29) is 11.6 Å². The Labute approximate surface area is 149 Å². The van der Waals surface area contributed by atoms with Crippen LogP contribution in [0.15, 0.2) is 60.8 Å². The minimum Gasteiger partial charge on any atom is -0.356 e. The molecule has 0 bridgehead atoms. The Balaban J connectivity index is 2.21. The molecule has 0 saturated carbocycles. The van der Waals surface area contributed by atoms with Crippen LogP contribution in [0.2, 0.25) is 0 Å². The summed E-state index contributed by atoms with van der Waals surface area (Å²) in [7, 11) is 2.93. The maximum Gasteiger partial charge on any atom is 0.294 e. The maximum atomic E-state index is 12.7. The summed E-state index contributed by atoms with van der Waals surface area (Å²) in [6, 6.07) is 15.7. The van der Waals surface area contributed by atoms with Gasteiger partial charge in [-0.2, -0.15) is 0 Å². The lowest BCUT2D eigenvalue weighted by atomic mass is 9.96. The van der Waals surface area contributed by atoms with Crippen LogP contribution in [0.25, 0.3) is 22.3 Å². The summed E-state index contributed by atoms with van der Waals surface area (Å²) in [6.45, 7) is 0. The third-order valence-corrected chi connectivity index (χ3v) is 4.08. The zero-order valence-corrected chi connectivity index (χ0v) is 14.3. The van der Waals surface area contributed by atoms with Crippen LogP contribution in [0.4, 0.5) is 5.69 Å². The molecule has 0 aliphatic carbocycles. The standard InChI is InChI=1S/C19H17N3O4/c1-21(26-2)19(23)18-17(13-7-4-3-5-8-13)16(12-20-18)14-9-6-10-15(11-14)22(24)25/h3-12,20H,1-2H3. The third kappa shape index (κ3) is 3.20. The van der Waals surface area contributed by atoms with E-state index in [1.165, 1.54) is 26.3 Å². The first-order chi connectivity index (χ1) is 12.5. The fourth-order valence-electron chi connectivity index (χ4n) is 2.75. The van der Waals surface area contributed by atoms with Gasteiger partial charge >= 0.3 is 0 Å². The lowest BCUT2D eigenvalue weighted by Crippen LogP contribution is -2.26. The van der Waals surface area contributed by atoms with Gasteiger partial charge in [-0.3, -0.25) is 19.7 Å². The number of H-pyrrole nitrogens is 1. The highest BCUT2D eigenvalue weighted by Gasteiger charge is 2.23. The summed E-state index contributed by atoms with van der Waals surface area (Å²) in [4.78, 5) is 31.3. The third-order valence-electron chi connectivity index (χ3n) is 4.08. The van der Waals surface area contributed by atoms with E-state index in [0.29, 0.717) is 22.4 Å². The van der Waals surface area contributed by atoms with Crippen molar-refractivity contribution in [2.24, 2.45) is 0 Å². The van der Waals surface area contributed by atoms with Crippen molar-refractivity contribution in [1.82, 2.24) is 10.0 Å². The molecule has 3 aromatic rings. The van der Waals surface area contributed by atoms with Crippen LogP contribution in [-0.4, -0.2) is 35.0 Å². The molecule has 7 nitrogen and oxygen atoms in total. The number of non-ortho nitro benzene ring substituents is 1.